The third kappa shape index (κ3) is 7.55. The van der Waals surface area contributed by atoms with Crippen molar-refractivity contribution in [3.8, 4) is 11.1 Å². The summed E-state index contributed by atoms with van der Waals surface area (Å²) in [5.74, 6) is 0. The summed E-state index contributed by atoms with van der Waals surface area (Å²) >= 11 is 0. The van der Waals surface area contributed by atoms with Gasteiger partial charge in [0.25, 0.3) is 0 Å². The summed E-state index contributed by atoms with van der Waals surface area (Å²) in [6, 6.07) is 25.1. The molecular weight excluding hydrogens is 576 g/mol. The third-order valence-electron chi connectivity index (χ3n) is 9.84. The number of hydrogen-bond donors (Lipinski definition) is 2. The second-order valence-electron chi connectivity index (χ2n) is 14.5. The molecule has 2 unspecified atom stereocenters. The highest BCUT2D eigenvalue weighted by atomic mass is 16.7. The van der Waals surface area contributed by atoms with E-state index in [4.69, 9.17) is 14.2 Å². The minimum absolute atomic E-state index is 0.0244. The lowest BCUT2D eigenvalue weighted by Gasteiger charge is -2.41. The molecule has 3 aromatic carbocycles. The molecule has 0 spiro atoms. The van der Waals surface area contributed by atoms with E-state index >= 15 is 0 Å². The second kappa shape index (κ2) is 13.7. The van der Waals surface area contributed by atoms with Gasteiger partial charge < -0.3 is 24.6 Å². The van der Waals surface area contributed by atoms with Gasteiger partial charge in [0.2, 0.25) is 0 Å². The van der Waals surface area contributed by atoms with Gasteiger partial charge in [0.1, 0.15) is 6.61 Å². The maximum atomic E-state index is 12.0. The molecule has 46 heavy (non-hydrogen) atoms. The number of benzene rings is 3. The van der Waals surface area contributed by atoms with Crippen molar-refractivity contribution in [3.05, 3.63) is 108 Å². The van der Waals surface area contributed by atoms with Crippen molar-refractivity contribution < 1.29 is 24.1 Å². The quantitative estimate of drug-likeness (QED) is 0.225. The molecular formula is C39H48N2O5. The van der Waals surface area contributed by atoms with Crippen LogP contribution in [0.1, 0.15) is 81.1 Å². The Morgan fingerprint density at radius 3 is 2.50 bits per heavy atom. The molecule has 5 atom stereocenters. The molecule has 0 aromatic heterocycles. The summed E-state index contributed by atoms with van der Waals surface area (Å²) in [6.45, 7) is 13.5. The van der Waals surface area contributed by atoms with Crippen LogP contribution in [0.3, 0.4) is 0 Å². The number of nitrogens with one attached hydrogen (secondary N) is 1. The van der Waals surface area contributed by atoms with Gasteiger partial charge in [0.15, 0.2) is 6.29 Å². The molecule has 3 aliphatic rings. The van der Waals surface area contributed by atoms with Crippen LogP contribution >= 0.6 is 0 Å². The molecule has 2 bridgehead atoms. The van der Waals surface area contributed by atoms with Gasteiger partial charge in [-0.15, -0.1) is 0 Å². The Balaban J connectivity index is 1.20. The van der Waals surface area contributed by atoms with Crippen LogP contribution in [-0.2, 0) is 27.4 Å². The van der Waals surface area contributed by atoms with Crippen LogP contribution < -0.4 is 5.32 Å². The number of amides is 1. The first-order chi connectivity index (χ1) is 22.1. The van der Waals surface area contributed by atoms with Crippen molar-refractivity contribution in [3.63, 3.8) is 0 Å². The molecule has 2 saturated heterocycles. The van der Waals surface area contributed by atoms with Crippen LogP contribution in [0, 0.1) is 10.8 Å². The van der Waals surface area contributed by atoms with Gasteiger partial charge in [0, 0.05) is 37.7 Å². The topological polar surface area (TPSA) is 80.3 Å². The van der Waals surface area contributed by atoms with Gasteiger partial charge in [0.05, 0.1) is 18.8 Å². The lowest BCUT2D eigenvalue weighted by atomic mass is 9.65. The van der Waals surface area contributed by atoms with E-state index in [0.717, 1.165) is 52.9 Å². The minimum Gasteiger partial charge on any atom is -0.445 e. The molecule has 1 aliphatic carbocycles. The lowest BCUT2D eigenvalue weighted by molar-refractivity contribution is -0.253. The lowest BCUT2D eigenvalue weighted by Crippen LogP contribution is -2.42. The van der Waals surface area contributed by atoms with E-state index in [9.17, 15) is 9.90 Å². The average molecular weight is 625 g/mol. The van der Waals surface area contributed by atoms with Crippen LogP contribution in [0.25, 0.3) is 11.1 Å². The van der Waals surface area contributed by atoms with Crippen LogP contribution in [0.2, 0.25) is 0 Å². The van der Waals surface area contributed by atoms with E-state index in [1.54, 1.807) is 6.08 Å². The Hall–Kier alpha value is -3.49. The predicted octanol–water partition coefficient (Wildman–Crippen LogP) is 7.70. The summed E-state index contributed by atoms with van der Waals surface area (Å²) in [7, 11) is 0. The summed E-state index contributed by atoms with van der Waals surface area (Å²) in [6.07, 6.45) is 5.05. The number of aliphatic hydroxyl groups is 1. The number of ether oxygens (including phenoxy) is 3. The van der Waals surface area contributed by atoms with E-state index in [-0.39, 0.29) is 25.4 Å². The average Bonchev–Trinajstić information content (AvgIpc) is 3.29. The Kier molecular flexibility index (Phi) is 9.67. The first-order valence-corrected chi connectivity index (χ1v) is 16.6. The molecule has 7 nitrogen and oxygen atoms in total. The molecule has 2 N–H and O–H groups in total. The first-order valence-electron chi connectivity index (χ1n) is 16.6. The molecule has 244 valence electrons. The summed E-state index contributed by atoms with van der Waals surface area (Å²) in [4.78, 5) is 14.7. The van der Waals surface area contributed by atoms with Gasteiger partial charge in [-0.3, -0.25) is 4.90 Å². The number of hydrogen-bond acceptors (Lipinski definition) is 6. The zero-order valence-electron chi connectivity index (χ0n) is 27.4. The zero-order valence-corrected chi connectivity index (χ0v) is 27.4. The number of aliphatic hydroxyl groups excluding tert-OH is 1. The number of alkyl carbamates (subject to hydrolysis) is 1. The normalized spacial score (nSPS) is 27.2. The van der Waals surface area contributed by atoms with Crippen molar-refractivity contribution in [1.82, 2.24) is 10.2 Å². The van der Waals surface area contributed by atoms with E-state index in [1.165, 1.54) is 19.3 Å². The number of likely N-dealkylation sites (tertiary alicyclic amines) is 1. The monoisotopic (exact) mass is 624 g/mol. The SMILES string of the molecule is C=CCOC(=O)NCc1ccccc1-c1ccc([C@@H]2O[C@H](CN3CC4(C)CC3CC(C)(C)C4)C[C@H](c3ccc(CO)cc3)O2)cc1. The summed E-state index contributed by atoms with van der Waals surface area (Å²) in [5, 5.41) is 12.4. The first kappa shape index (κ1) is 32.5. The Morgan fingerprint density at radius 2 is 1.76 bits per heavy atom. The number of rotatable bonds is 10. The van der Waals surface area contributed by atoms with Gasteiger partial charge in [-0.25, -0.2) is 4.79 Å². The van der Waals surface area contributed by atoms with E-state index in [1.807, 2.05) is 30.3 Å². The van der Waals surface area contributed by atoms with Gasteiger partial charge >= 0.3 is 6.09 Å². The summed E-state index contributed by atoms with van der Waals surface area (Å²) in [5.41, 5.74) is 6.79. The molecule has 6 rings (SSSR count). The zero-order chi connectivity index (χ0) is 32.3. The molecule has 2 heterocycles. The van der Waals surface area contributed by atoms with Crippen molar-refractivity contribution in [2.75, 3.05) is 19.7 Å². The van der Waals surface area contributed by atoms with Crippen molar-refractivity contribution in [2.24, 2.45) is 10.8 Å². The van der Waals surface area contributed by atoms with Crippen LogP contribution in [0.15, 0.2) is 85.5 Å². The number of carbonyl (C=O) groups excluding carboxylic acids is 1. The molecule has 3 aromatic rings. The fourth-order valence-electron chi connectivity index (χ4n) is 8.21. The fourth-order valence-corrected chi connectivity index (χ4v) is 8.21. The Bertz CT molecular complexity index is 1500. The highest BCUT2D eigenvalue weighted by Gasteiger charge is 2.50. The maximum Gasteiger partial charge on any atom is 0.407 e. The van der Waals surface area contributed by atoms with Crippen molar-refractivity contribution in [2.45, 2.75) is 84.1 Å². The number of nitrogens with zero attached hydrogens (tertiary/aromatic N) is 1. The smallest absolute Gasteiger partial charge is 0.407 e. The number of carbonyl (C=O) groups is 1. The molecule has 3 fully saturated rings. The molecule has 1 amide bonds. The molecule has 0 radical (unpaired) electrons. The highest BCUT2D eigenvalue weighted by molar-refractivity contribution is 5.70. The summed E-state index contributed by atoms with van der Waals surface area (Å²) < 4.78 is 18.5. The molecule has 7 heteroatoms. The van der Waals surface area contributed by atoms with Gasteiger partial charge in [-0.1, -0.05) is 106 Å². The largest absolute Gasteiger partial charge is 0.445 e. The van der Waals surface area contributed by atoms with Gasteiger partial charge in [-0.05, 0) is 57.9 Å². The predicted molar refractivity (Wildman–Crippen MR) is 180 cm³/mol. The van der Waals surface area contributed by atoms with Crippen LogP contribution in [0.5, 0.6) is 0 Å². The van der Waals surface area contributed by atoms with Gasteiger partial charge in [-0.2, -0.15) is 0 Å². The fraction of sp³-hybridized carbons (Fsp3) is 0.462. The van der Waals surface area contributed by atoms with Crippen LogP contribution in [0.4, 0.5) is 4.79 Å². The Labute approximate surface area is 273 Å². The Morgan fingerprint density at radius 1 is 1.02 bits per heavy atom. The van der Waals surface area contributed by atoms with E-state index in [0.29, 0.717) is 23.4 Å². The minimum atomic E-state index is -0.499. The third-order valence-corrected chi connectivity index (χ3v) is 9.84. The number of fused-ring (bicyclic) bond motifs is 2. The highest BCUT2D eigenvalue weighted by Crippen LogP contribution is 2.53. The standard InChI is InChI=1S/C39H48N2O5/c1-5-18-44-37(43)40-22-31-8-6-7-9-34(31)28-14-16-30(17-15-28)36-45-33(19-35(46-36)29-12-10-27(24-42)11-13-29)23-41-26-39(4)21-32(41)20-38(2,3)25-39/h5-17,32-33,35-36,42H,1,18-26H2,2-4H3,(H,40,43)/t32?,33-,35+,36+,39?/m0/s1. The van der Waals surface area contributed by atoms with E-state index in [2.05, 4.69) is 80.0 Å². The molecule has 2 aliphatic heterocycles. The van der Waals surface area contributed by atoms with Crippen molar-refractivity contribution >= 4 is 6.09 Å². The van der Waals surface area contributed by atoms with Crippen LogP contribution in [-0.4, -0.2) is 47.9 Å². The van der Waals surface area contributed by atoms with E-state index < -0.39 is 12.4 Å². The maximum absolute atomic E-state index is 12.0. The molecule has 1 saturated carbocycles. The van der Waals surface area contributed by atoms with Crippen molar-refractivity contribution in [1.29, 1.82) is 0 Å². The second-order valence-corrected chi connectivity index (χ2v) is 14.5.